The van der Waals surface area contributed by atoms with Crippen molar-refractivity contribution in [2.24, 2.45) is 0 Å². The molecule has 0 aliphatic carbocycles. The largest absolute Gasteiger partial charge is 0.411 e. The number of nitrogens with one attached hydrogen (secondary N) is 1. The van der Waals surface area contributed by atoms with Crippen molar-refractivity contribution in [3.63, 3.8) is 0 Å². The topological polar surface area (TPSA) is 84.7 Å². The maximum Gasteiger partial charge on any atom is 0.277 e. The van der Waals surface area contributed by atoms with Crippen molar-refractivity contribution < 1.29 is 4.42 Å². The Morgan fingerprint density at radius 3 is 2.59 bits per heavy atom. The van der Waals surface area contributed by atoms with Crippen LogP contribution < -0.4 is 5.56 Å². The summed E-state index contributed by atoms with van der Waals surface area (Å²) in [6.07, 6.45) is 0. The van der Waals surface area contributed by atoms with Crippen LogP contribution >= 0.6 is 23.1 Å². The highest BCUT2D eigenvalue weighted by atomic mass is 32.2. The maximum absolute atomic E-state index is 12.3. The maximum atomic E-state index is 12.3. The fraction of sp³-hybridized carbons (Fsp3) is 0.263. The fourth-order valence-electron chi connectivity index (χ4n) is 2.98. The molecule has 1 N–H and O–H groups in total. The number of aromatic nitrogens is 4. The Morgan fingerprint density at radius 2 is 1.85 bits per heavy atom. The van der Waals surface area contributed by atoms with Crippen LogP contribution in [0.4, 0.5) is 0 Å². The molecular weight excluding hydrogens is 380 g/mol. The number of H-pyrrole nitrogens is 1. The smallest absolute Gasteiger partial charge is 0.277 e. The number of aryl methyl sites for hydroxylation is 4. The summed E-state index contributed by atoms with van der Waals surface area (Å²) in [6.45, 7) is 8.03. The number of nitrogens with zero attached hydrogens (tertiary/aromatic N) is 3. The molecule has 1 aromatic carbocycles. The molecule has 4 rings (SSSR count). The first-order valence-electron chi connectivity index (χ1n) is 8.44. The summed E-state index contributed by atoms with van der Waals surface area (Å²) in [4.78, 5) is 21.7. The second-order valence-electron chi connectivity index (χ2n) is 6.51. The standard InChI is InChI=1S/C19H18N4O2S2/c1-9-5-10(2)7-13(6-9)17-22-23-19(25-17)26-8-14-20-16(24)15-11(3)12(4)27-18(15)21-14/h5-7H,8H2,1-4H3,(H,20,21,24). The number of thioether (sulfide) groups is 1. The molecule has 0 radical (unpaired) electrons. The van der Waals surface area contributed by atoms with E-state index in [-0.39, 0.29) is 5.56 Å². The molecule has 0 spiro atoms. The molecule has 3 aromatic heterocycles. The predicted molar refractivity (Wildman–Crippen MR) is 108 cm³/mol. The molecule has 0 amide bonds. The van der Waals surface area contributed by atoms with Gasteiger partial charge >= 0.3 is 0 Å². The van der Waals surface area contributed by atoms with Crippen LogP contribution in [-0.2, 0) is 5.75 Å². The molecule has 6 nitrogen and oxygen atoms in total. The molecule has 0 saturated carbocycles. The van der Waals surface area contributed by atoms with Crippen LogP contribution in [0.5, 0.6) is 0 Å². The first kappa shape index (κ1) is 17.9. The normalized spacial score (nSPS) is 11.4. The molecule has 0 aliphatic rings. The molecule has 138 valence electrons. The van der Waals surface area contributed by atoms with Crippen molar-refractivity contribution in [2.75, 3.05) is 0 Å². The average molecular weight is 399 g/mol. The zero-order valence-corrected chi connectivity index (χ0v) is 17.0. The lowest BCUT2D eigenvalue weighted by molar-refractivity contribution is 0.465. The Bertz CT molecular complexity index is 1190. The lowest BCUT2D eigenvalue weighted by Gasteiger charge is -2.00. The van der Waals surface area contributed by atoms with E-state index >= 15 is 0 Å². The van der Waals surface area contributed by atoms with Gasteiger partial charge < -0.3 is 9.40 Å². The molecular formula is C19H18N4O2S2. The van der Waals surface area contributed by atoms with Gasteiger partial charge in [-0.05, 0) is 45.4 Å². The van der Waals surface area contributed by atoms with Gasteiger partial charge in [0, 0.05) is 10.4 Å². The molecule has 0 aliphatic heterocycles. The molecule has 0 fully saturated rings. The summed E-state index contributed by atoms with van der Waals surface area (Å²) >= 11 is 2.90. The predicted octanol–water partition coefficient (Wildman–Crippen LogP) is 4.56. The van der Waals surface area contributed by atoms with E-state index in [1.54, 1.807) is 11.3 Å². The van der Waals surface area contributed by atoms with Gasteiger partial charge in [0.1, 0.15) is 10.7 Å². The SMILES string of the molecule is Cc1cc(C)cc(-c2nnc(SCc3nc4sc(C)c(C)c4c(=O)[nH]3)o2)c1. The van der Waals surface area contributed by atoms with E-state index < -0.39 is 0 Å². The summed E-state index contributed by atoms with van der Waals surface area (Å²) in [5.41, 5.74) is 4.10. The number of benzene rings is 1. The lowest BCUT2D eigenvalue weighted by atomic mass is 10.1. The summed E-state index contributed by atoms with van der Waals surface area (Å²) in [6, 6.07) is 6.13. The number of rotatable bonds is 4. The van der Waals surface area contributed by atoms with Gasteiger partial charge in [0.25, 0.3) is 10.8 Å². The second kappa shape index (κ2) is 6.94. The molecule has 0 atom stereocenters. The molecule has 3 heterocycles. The molecule has 0 saturated heterocycles. The van der Waals surface area contributed by atoms with Gasteiger partial charge in [-0.1, -0.05) is 29.0 Å². The summed E-state index contributed by atoms with van der Waals surface area (Å²) in [7, 11) is 0. The third kappa shape index (κ3) is 3.54. The van der Waals surface area contributed by atoms with E-state index in [2.05, 4.69) is 26.2 Å². The third-order valence-electron chi connectivity index (χ3n) is 4.30. The van der Waals surface area contributed by atoms with Gasteiger partial charge in [-0.2, -0.15) is 0 Å². The minimum absolute atomic E-state index is 0.0982. The van der Waals surface area contributed by atoms with Crippen molar-refractivity contribution in [3.05, 3.63) is 55.9 Å². The second-order valence-corrected chi connectivity index (χ2v) is 8.64. The summed E-state index contributed by atoms with van der Waals surface area (Å²) in [5, 5.41) is 9.37. The number of hydrogen-bond acceptors (Lipinski definition) is 7. The van der Waals surface area contributed by atoms with E-state index in [1.807, 2.05) is 39.8 Å². The number of hydrogen-bond donors (Lipinski definition) is 1. The summed E-state index contributed by atoms with van der Waals surface area (Å²) < 4.78 is 5.77. The Morgan fingerprint density at radius 1 is 1.11 bits per heavy atom. The van der Waals surface area contributed by atoms with E-state index in [0.29, 0.717) is 28.1 Å². The minimum Gasteiger partial charge on any atom is -0.411 e. The fourth-order valence-corrected chi connectivity index (χ4v) is 4.66. The monoisotopic (exact) mass is 398 g/mol. The Balaban J connectivity index is 1.55. The van der Waals surface area contributed by atoms with E-state index in [1.165, 1.54) is 11.8 Å². The first-order valence-corrected chi connectivity index (χ1v) is 10.2. The molecule has 0 unspecified atom stereocenters. The van der Waals surface area contributed by atoms with Gasteiger partial charge in [-0.3, -0.25) is 4.79 Å². The minimum atomic E-state index is -0.0982. The van der Waals surface area contributed by atoms with Crippen molar-refractivity contribution in [1.29, 1.82) is 0 Å². The van der Waals surface area contributed by atoms with Crippen LogP contribution in [0.25, 0.3) is 21.7 Å². The average Bonchev–Trinajstić information content (AvgIpc) is 3.17. The van der Waals surface area contributed by atoms with Crippen molar-refractivity contribution >= 4 is 33.3 Å². The van der Waals surface area contributed by atoms with Gasteiger partial charge in [-0.15, -0.1) is 21.5 Å². The van der Waals surface area contributed by atoms with Crippen LogP contribution in [-0.4, -0.2) is 20.2 Å². The van der Waals surface area contributed by atoms with Gasteiger partial charge in [-0.25, -0.2) is 4.98 Å². The van der Waals surface area contributed by atoms with Crippen LogP contribution in [0.15, 0.2) is 32.6 Å². The van der Waals surface area contributed by atoms with Crippen LogP contribution in [0.1, 0.15) is 27.4 Å². The molecule has 8 heteroatoms. The Labute approximate surface area is 164 Å². The molecule has 0 bridgehead atoms. The Hall–Kier alpha value is -2.45. The van der Waals surface area contributed by atoms with E-state index in [0.717, 1.165) is 32.0 Å². The van der Waals surface area contributed by atoms with E-state index in [4.69, 9.17) is 4.42 Å². The third-order valence-corrected chi connectivity index (χ3v) is 6.23. The first-order chi connectivity index (χ1) is 12.9. The van der Waals surface area contributed by atoms with Crippen molar-refractivity contribution in [1.82, 2.24) is 20.2 Å². The quantitative estimate of drug-likeness (QED) is 0.507. The summed E-state index contributed by atoms with van der Waals surface area (Å²) in [5.74, 6) is 1.55. The van der Waals surface area contributed by atoms with Crippen LogP contribution in [0, 0.1) is 27.7 Å². The van der Waals surface area contributed by atoms with Gasteiger partial charge in [0.15, 0.2) is 0 Å². The highest BCUT2D eigenvalue weighted by Gasteiger charge is 2.14. The van der Waals surface area contributed by atoms with Crippen LogP contribution in [0.2, 0.25) is 0 Å². The Kier molecular flexibility index (Phi) is 4.61. The number of fused-ring (bicyclic) bond motifs is 1. The van der Waals surface area contributed by atoms with Crippen LogP contribution in [0.3, 0.4) is 0 Å². The molecule has 27 heavy (non-hydrogen) atoms. The van der Waals surface area contributed by atoms with Crippen molar-refractivity contribution in [2.45, 2.75) is 38.7 Å². The highest BCUT2D eigenvalue weighted by Crippen LogP contribution is 2.28. The zero-order valence-electron chi connectivity index (χ0n) is 15.4. The van der Waals surface area contributed by atoms with Crippen molar-refractivity contribution in [3.8, 4) is 11.5 Å². The van der Waals surface area contributed by atoms with Gasteiger partial charge in [0.2, 0.25) is 5.89 Å². The highest BCUT2D eigenvalue weighted by molar-refractivity contribution is 7.98. The lowest BCUT2D eigenvalue weighted by Crippen LogP contribution is -2.10. The number of thiophene rings is 1. The zero-order chi connectivity index (χ0) is 19.1. The number of aromatic amines is 1. The molecule has 4 aromatic rings. The van der Waals surface area contributed by atoms with Gasteiger partial charge in [0.05, 0.1) is 11.1 Å². The van der Waals surface area contributed by atoms with E-state index in [9.17, 15) is 4.79 Å².